The van der Waals surface area contributed by atoms with Crippen molar-refractivity contribution in [3.63, 3.8) is 0 Å². The molecule has 0 radical (unpaired) electrons. The van der Waals surface area contributed by atoms with Gasteiger partial charge in [-0.1, -0.05) is 49.4 Å². The van der Waals surface area contributed by atoms with Gasteiger partial charge in [-0.3, -0.25) is 19.1 Å². The highest BCUT2D eigenvalue weighted by Gasteiger charge is 2.45. The molecule has 2 aromatic rings. The Balaban J connectivity index is 1.70. The Morgan fingerprint density at radius 3 is 2.14 bits per heavy atom. The van der Waals surface area contributed by atoms with Crippen molar-refractivity contribution < 1.29 is 32.7 Å². The summed E-state index contributed by atoms with van der Waals surface area (Å²) in [5.41, 5.74) is -2.47. The number of aryl methyl sites for hydroxylation is 1. The van der Waals surface area contributed by atoms with Crippen LogP contribution in [0.5, 0.6) is 0 Å². The second-order valence-corrected chi connectivity index (χ2v) is 13.3. The van der Waals surface area contributed by atoms with Gasteiger partial charge in [0.2, 0.25) is 0 Å². The molecule has 0 bridgehead atoms. The largest absolute Gasteiger partial charge is 0.481 e. The van der Waals surface area contributed by atoms with Gasteiger partial charge >= 0.3 is 12.1 Å². The van der Waals surface area contributed by atoms with Crippen LogP contribution < -0.4 is 0 Å². The number of carboxylic acids is 1. The first-order valence-electron chi connectivity index (χ1n) is 14.2. The van der Waals surface area contributed by atoms with E-state index in [0.29, 0.717) is 0 Å². The molecule has 2 aliphatic carbocycles. The SMILES string of the molecule is Cc1cc(Cl)c(C(=O)CN(CC2(C)CCCCC2)C(=O)c2cnn([C@H]3CC[C@](C)(C(=O)O)CC3)c2C(F)(F)F)c(Cl)c1. The van der Waals surface area contributed by atoms with Gasteiger partial charge < -0.3 is 10.0 Å². The van der Waals surface area contributed by atoms with E-state index >= 15 is 0 Å². The zero-order valence-corrected chi connectivity index (χ0v) is 25.5. The molecular weight excluding hydrogens is 594 g/mol. The Kier molecular flexibility index (Phi) is 9.38. The highest BCUT2D eigenvalue weighted by atomic mass is 35.5. The van der Waals surface area contributed by atoms with Crippen molar-refractivity contribution in [2.24, 2.45) is 10.8 Å². The number of nitrogens with zero attached hydrogens (tertiary/aromatic N) is 3. The lowest BCUT2D eigenvalue weighted by molar-refractivity contribution is -0.152. The van der Waals surface area contributed by atoms with Crippen molar-refractivity contribution in [1.29, 1.82) is 0 Å². The van der Waals surface area contributed by atoms with E-state index < -0.39 is 53.1 Å². The maximum atomic E-state index is 14.6. The van der Waals surface area contributed by atoms with Crippen molar-refractivity contribution in [1.82, 2.24) is 14.7 Å². The monoisotopic (exact) mass is 629 g/mol. The Morgan fingerprint density at radius 2 is 1.62 bits per heavy atom. The average Bonchev–Trinajstić information content (AvgIpc) is 3.34. The maximum absolute atomic E-state index is 14.6. The molecule has 2 fully saturated rings. The smallest absolute Gasteiger partial charge is 0.433 e. The molecule has 0 saturated heterocycles. The zero-order chi connectivity index (χ0) is 31.0. The van der Waals surface area contributed by atoms with Crippen LogP contribution in [-0.4, -0.2) is 50.5 Å². The first-order chi connectivity index (χ1) is 19.5. The summed E-state index contributed by atoms with van der Waals surface area (Å²) in [6.45, 7) is 4.91. The van der Waals surface area contributed by atoms with Crippen LogP contribution in [0.1, 0.15) is 110 Å². The first kappa shape index (κ1) is 32.3. The molecule has 0 unspecified atom stereocenters. The number of halogens is 5. The van der Waals surface area contributed by atoms with E-state index in [1.807, 2.05) is 6.92 Å². The molecule has 7 nitrogen and oxygen atoms in total. The molecule has 1 aromatic carbocycles. The predicted molar refractivity (Wildman–Crippen MR) is 153 cm³/mol. The second-order valence-electron chi connectivity index (χ2n) is 12.5. The Labute approximate surface area is 253 Å². The minimum absolute atomic E-state index is 0.0194. The fourth-order valence-electron chi connectivity index (χ4n) is 6.39. The zero-order valence-electron chi connectivity index (χ0n) is 24.0. The third kappa shape index (κ3) is 6.80. The summed E-state index contributed by atoms with van der Waals surface area (Å²) in [7, 11) is 0. The average molecular weight is 631 g/mol. The van der Waals surface area contributed by atoms with Gasteiger partial charge in [-0.2, -0.15) is 18.3 Å². The van der Waals surface area contributed by atoms with Crippen LogP contribution in [0.4, 0.5) is 13.2 Å². The fourth-order valence-corrected chi connectivity index (χ4v) is 7.20. The third-order valence-electron chi connectivity index (χ3n) is 8.94. The molecule has 0 spiro atoms. The number of amides is 1. The van der Waals surface area contributed by atoms with E-state index in [2.05, 4.69) is 5.10 Å². The molecule has 2 aliphatic rings. The van der Waals surface area contributed by atoms with E-state index in [1.54, 1.807) is 26.0 Å². The molecule has 0 aliphatic heterocycles. The highest BCUT2D eigenvalue weighted by molar-refractivity contribution is 6.40. The van der Waals surface area contributed by atoms with Gasteiger partial charge in [0.15, 0.2) is 11.5 Å². The molecule has 1 N–H and O–H groups in total. The van der Waals surface area contributed by atoms with Crippen LogP contribution in [0, 0.1) is 17.8 Å². The molecule has 12 heteroatoms. The van der Waals surface area contributed by atoms with Crippen molar-refractivity contribution in [2.45, 2.75) is 90.8 Å². The predicted octanol–water partition coefficient (Wildman–Crippen LogP) is 8.02. The van der Waals surface area contributed by atoms with E-state index in [1.165, 1.54) is 4.90 Å². The number of Topliss-reactive ketones (excluding diaryl/α,β-unsaturated/α-hetero) is 1. The van der Waals surface area contributed by atoms with Crippen LogP contribution in [-0.2, 0) is 11.0 Å². The number of ketones is 1. The number of hydrogen-bond acceptors (Lipinski definition) is 4. The summed E-state index contributed by atoms with van der Waals surface area (Å²) < 4.78 is 44.6. The normalized spacial score (nSPS) is 22.5. The lowest BCUT2D eigenvalue weighted by atomic mass is 9.74. The molecule has 42 heavy (non-hydrogen) atoms. The number of carboxylic acid groups (broad SMARTS) is 1. The van der Waals surface area contributed by atoms with Crippen molar-refractivity contribution >= 4 is 40.9 Å². The van der Waals surface area contributed by atoms with Crippen LogP contribution in [0.2, 0.25) is 10.0 Å². The molecule has 0 atom stereocenters. The van der Waals surface area contributed by atoms with Gasteiger partial charge in [-0.05, 0) is 75.5 Å². The summed E-state index contributed by atoms with van der Waals surface area (Å²) in [5, 5.41) is 13.8. The fraction of sp³-hybridized carbons (Fsp3) is 0.600. The van der Waals surface area contributed by atoms with E-state index in [4.69, 9.17) is 23.2 Å². The maximum Gasteiger partial charge on any atom is 0.433 e. The lowest BCUT2D eigenvalue weighted by Crippen LogP contribution is -2.44. The number of aliphatic carboxylic acids is 1. The van der Waals surface area contributed by atoms with Crippen LogP contribution in [0.3, 0.4) is 0 Å². The number of carbonyl (C=O) groups excluding carboxylic acids is 2. The molecule has 230 valence electrons. The van der Waals surface area contributed by atoms with E-state index in [9.17, 15) is 32.7 Å². The van der Waals surface area contributed by atoms with E-state index in [-0.39, 0.29) is 53.3 Å². The number of carbonyl (C=O) groups is 3. The summed E-state index contributed by atoms with van der Waals surface area (Å²) in [6.07, 6.45) is 1.14. The summed E-state index contributed by atoms with van der Waals surface area (Å²) >= 11 is 12.7. The van der Waals surface area contributed by atoms with Gasteiger partial charge in [0.1, 0.15) is 0 Å². The van der Waals surface area contributed by atoms with Crippen molar-refractivity contribution in [3.8, 4) is 0 Å². The summed E-state index contributed by atoms with van der Waals surface area (Å²) in [4.78, 5) is 40.3. The highest BCUT2D eigenvalue weighted by Crippen LogP contribution is 2.44. The molecule has 1 aromatic heterocycles. The number of benzene rings is 1. The van der Waals surface area contributed by atoms with Gasteiger partial charge in [0, 0.05) is 6.54 Å². The van der Waals surface area contributed by atoms with Gasteiger partial charge in [-0.25, -0.2) is 0 Å². The molecular formula is C30H36Cl2F3N3O4. The Bertz CT molecular complexity index is 1340. The van der Waals surface area contributed by atoms with Gasteiger partial charge in [0.05, 0.1) is 45.4 Å². The minimum atomic E-state index is -4.91. The second kappa shape index (κ2) is 12.2. The lowest BCUT2D eigenvalue weighted by Gasteiger charge is -2.38. The van der Waals surface area contributed by atoms with Gasteiger partial charge in [-0.15, -0.1) is 0 Å². The van der Waals surface area contributed by atoms with Crippen LogP contribution in [0.25, 0.3) is 0 Å². The van der Waals surface area contributed by atoms with Crippen molar-refractivity contribution in [2.75, 3.05) is 13.1 Å². The third-order valence-corrected chi connectivity index (χ3v) is 9.53. The first-order valence-corrected chi connectivity index (χ1v) is 15.0. The summed E-state index contributed by atoms with van der Waals surface area (Å²) in [5.74, 6) is -2.50. The van der Waals surface area contributed by atoms with E-state index in [0.717, 1.165) is 48.5 Å². The topological polar surface area (TPSA) is 92.5 Å². The standard InChI is InChI=1S/C30H36Cl2F3N3O4/c1-18-13-21(31)24(22(32)14-18)23(39)16-37(17-28(2)9-5-4-6-10-28)26(40)20-15-36-38(25(20)30(33,34)35)19-7-11-29(3,12-8-19)27(41)42/h13-15,19H,4-12,16-17H2,1-3H3,(H,41,42)/t19-,29-. The number of hydrogen-bond donors (Lipinski definition) is 1. The summed E-state index contributed by atoms with van der Waals surface area (Å²) in [6, 6.07) is 2.42. The minimum Gasteiger partial charge on any atom is -0.481 e. The van der Waals surface area contributed by atoms with Crippen LogP contribution in [0.15, 0.2) is 18.3 Å². The Hall–Kier alpha value is -2.59. The van der Waals surface area contributed by atoms with Gasteiger partial charge in [0.25, 0.3) is 5.91 Å². The van der Waals surface area contributed by atoms with Crippen LogP contribution >= 0.6 is 23.2 Å². The molecule has 1 amide bonds. The van der Waals surface area contributed by atoms with Crippen molar-refractivity contribution in [3.05, 3.63) is 50.8 Å². The molecule has 1 heterocycles. The Morgan fingerprint density at radius 1 is 1.05 bits per heavy atom. The number of alkyl halides is 3. The number of aromatic nitrogens is 2. The quantitative estimate of drug-likeness (QED) is 0.298. The molecule has 2 saturated carbocycles. The molecule has 4 rings (SSSR count). The number of rotatable bonds is 8.